The number of piperidine rings is 1. The topological polar surface area (TPSA) is 70.8 Å². The van der Waals surface area contributed by atoms with Crippen molar-refractivity contribution >= 4 is 33.2 Å². The van der Waals surface area contributed by atoms with Gasteiger partial charge in [-0.3, -0.25) is 5.10 Å². The van der Waals surface area contributed by atoms with Gasteiger partial charge in [-0.05, 0) is 46.8 Å². The maximum atomic E-state index is 5.90. The zero-order chi connectivity index (χ0) is 14.2. The molecule has 0 spiro atoms. The standard InChI is InChI=1S/C13H18BrN5S/c1-13(7-15)3-2-4-19(8-13)12-16-11(17-18-12)9-5-10(14)20-6-9/h5-6H,2-4,7-8,15H2,1H3,(H,16,17,18). The molecule has 2 aromatic rings. The number of halogens is 1. The van der Waals surface area contributed by atoms with Crippen molar-refractivity contribution in [2.24, 2.45) is 11.1 Å². The Labute approximate surface area is 130 Å². The smallest absolute Gasteiger partial charge is 0.245 e. The highest BCUT2D eigenvalue weighted by Crippen LogP contribution is 2.31. The van der Waals surface area contributed by atoms with Gasteiger partial charge in [-0.25, -0.2) is 0 Å². The molecular formula is C13H18BrN5S. The average Bonchev–Trinajstić information content (AvgIpc) is 3.07. The van der Waals surface area contributed by atoms with Gasteiger partial charge < -0.3 is 10.6 Å². The molecule has 1 aliphatic heterocycles. The number of aromatic nitrogens is 3. The Morgan fingerprint density at radius 2 is 2.45 bits per heavy atom. The Morgan fingerprint density at radius 1 is 1.60 bits per heavy atom. The summed E-state index contributed by atoms with van der Waals surface area (Å²) in [5, 5.41) is 9.46. The molecule has 0 bridgehead atoms. The molecule has 108 valence electrons. The molecule has 0 aliphatic carbocycles. The average molecular weight is 356 g/mol. The predicted octanol–water partition coefficient (Wildman–Crippen LogP) is 2.86. The highest BCUT2D eigenvalue weighted by molar-refractivity contribution is 9.11. The summed E-state index contributed by atoms with van der Waals surface area (Å²) in [6.07, 6.45) is 2.32. The lowest BCUT2D eigenvalue weighted by atomic mass is 9.82. The van der Waals surface area contributed by atoms with Crippen LogP contribution in [0, 0.1) is 5.41 Å². The lowest BCUT2D eigenvalue weighted by Gasteiger charge is -2.39. The van der Waals surface area contributed by atoms with Crippen LogP contribution in [0.3, 0.4) is 0 Å². The van der Waals surface area contributed by atoms with Crippen LogP contribution in [-0.4, -0.2) is 34.8 Å². The van der Waals surface area contributed by atoms with Gasteiger partial charge in [0, 0.05) is 24.0 Å². The van der Waals surface area contributed by atoms with E-state index in [1.54, 1.807) is 11.3 Å². The van der Waals surface area contributed by atoms with Crippen molar-refractivity contribution < 1.29 is 0 Å². The molecule has 1 fully saturated rings. The van der Waals surface area contributed by atoms with E-state index in [0.717, 1.165) is 40.6 Å². The molecule has 3 heterocycles. The Hall–Kier alpha value is -0.920. The minimum atomic E-state index is 0.171. The quantitative estimate of drug-likeness (QED) is 0.887. The number of anilines is 1. The molecule has 0 amide bonds. The Kier molecular flexibility index (Phi) is 3.83. The first-order chi connectivity index (χ1) is 9.59. The van der Waals surface area contributed by atoms with Crippen molar-refractivity contribution in [1.82, 2.24) is 15.2 Å². The van der Waals surface area contributed by atoms with Gasteiger partial charge in [0.15, 0.2) is 5.82 Å². The van der Waals surface area contributed by atoms with Gasteiger partial charge in [0.1, 0.15) is 0 Å². The molecular weight excluding hydrogens is 338 g/mol. The minimum Gasteiger partial charge on any atom is -0.339 e. The van der Waals surface area contributed by atoms with Crippen LogP contribution in [0.25, 0.3) is 11.4 Å². The lowest BCUT2D eigenvalue weighted by Crippen LogP contribution is -2.46. The number of rotatable bonds is 3. The number of thiophene rings is 1. The molecule has 2 aromatic heterocycles. The summed E-state index contributed by atoms with van der Waals surface area (Å²) in [6.45, 7) is 4.87. The maximum Gasteiger partial charge on any atom is 0.245 e. The summed E-state index contributed by atoms with van der Waals surface area (Å²) in [7, 11) is 0. The van der Waals surface area contributed by atoms with Crippen LogP contribution in [0.2, 0.25) is 0 Å². The molecule has 5 nitrogen and oxygen atoms in total. The number of H-pyrrole nitrogens is 1. The number of aromatic amines is 1. The SMILES string of the molecule is CC1(CN)CCCN(c2n[nH]c(-c3csc(Br)c3)n2)C1. The minimum absolute atomic E-state index is 0.171. The molecule has 3 N–H and O–H groups in total. The van der Waals surface area contributed by atoms with E-state index in [9.17, 15) is 0 Å². The Bertz CT molecular complexity index is 595. The summed E-state index contributed by atoms with van der Waals surface area (Å²) >= 11 is 5.12. The van der Waals surface area contributed by atoms with Gasteiger partial charge in [0.2, 0.25) is 5.95 Å². The van der Waals surface area contributed by atoms with Gasteiger partial charge in [-0.1, -0.05) is 6.92 Å². The highest BCUT2D eigenvalue weighted by atomic mass is 79.9. The molecule has 0 saturated carbocycles. The lowest BCUT2D eigenvalue weighted by molar-refractivity contribution is 0.270. The zero-order valence-electron chi connectivity index (χ0n) is 11.4. The molecule has 3 rings (SSSR count). The van der Waals surface area contributed by atoms with Crippen molar-refractivity contribution in [1.29, 1.82) is 0 Å². The number of hydrogen-bond acceptors (Lipinski definition) is 5. The summed E-state index contributed by atoms with van der Waals surface area (Å²) in [4.78, 5) is 6.86. The van der Waals surface area contributed by atoms with Crippen molar-refractivity contribution in [2.75, 3.05) is 24.5 Å². The molecule has 0 aromatic carbocycles. The first-order valence-electron chi connectivity index (χ1n) is 6.71. The van der Waals surface area contributed by atoms with Crippen LogP contribution >= 0.6 is 27.3 Å². The van der Waals surface area contributed by atoms with Gasteiger partial charge in [0.05, 0.1) is 3.79 Å². The fourth-order valence-electron chi connectivity index (χ4n) is 2.61. The van der Waals surface area contributed by atoms with Crippen LogP contribution in [-0.2, 0) is 0 Å². The molecule has 1 atom stereocenters. The highest BCUT2D eigenvalue weighted by Gasteiger charge is 2.31. The van der Waals surface area contributed by atoms with Crippen LogP contribution in [0.5, 0.6) is 0 Å². The molecule has 0 radical (unpaired) electrons. The van der Waals surface area contributed by atoms with Gasteiger partial charge in [-0.15, -0.1) is 16.4 Å². The first kappa shape index (κ1) is 14.0. The molecule has 1 unspecified atom stereocenters. The van der Waals surface area contributed by atoms with E-state index < -0.39 is 0 Å². The van der Waals surface area contributed by atoms with E-state index >= 15 is 0 Å². The van der Waals surface area contributed by atoms with Crippen LogP contribution in [0.4, 0.5) is 5.95 Å². The second-order valence-electron chi connectivity index (χ2n) is 5.66. The second-order valence-corrected chi connectivity index (χ2v) is 7.95. The summed E-state index contributed by atoms with van der Waals surface area (Å²) in [5.74, 6) is 1.60. The summed E-state index contributed by atoms with van der Waals surface area (Å²) in [6, 6.07) is 2.05. The second kappa shape index (κ2) is 5.46. The largest absolute Gasteiger partial charge is 0.339 e. The fraction of sp³-hybridized carbons (Fsp3) is 0.538. The Balaban J connectivity index is 1.80. The van der Waals surface area contributed by atoms with Crippen LogP contribution < -0.4 is 10.6 Å². The monoisotopic (exact) mass is 355 g/mol. The number of nitrogens with one attached hydrogen (secondary N) is 1. The van der Waals surface area contributed by atoms with E-state index in [0.29, 0.717) is 6.54 Å². The fourth-order valence-corrected chi connectivity index (χ4v) is 3.75. The van der Waals surface area contributed by atoms with Crippen molar-refractivity contribution in [2.45, 2.75) is 19.8 Å². The van der Waals surface area contributed by atoms with E-state index in [-0.39, 0.29) is 5.41 Å². The van der Waals surface area contributed by atoms with Gasteiger partial charge in [0.25, 0.3) is 0 Å². The van der Waals surface area contributed by atoms with Crippen LogP contribution in [0.1, 0.15) is 19.8 Å². The van der Waals surface area contributed by atoms with E-state index in [2.05, 4.69) is 54.4 Å². The van der Waals surface area contributed by atoms with Crippen molar-refractivity contribution in [3.8, 4) is 11.4 Å². The van der Waals surface area contributed by atoms with Crippen molar-refractivity contribution in [3.05, 3.63) is 15.2 Å². The molecule has 1 saturated heterocycles. The first-order valence-corrected chi connectivity index (χ1v) is 8.39. The van der Waals surface area contributed by atoms with E-state index in [4.69, 9.17) is 5.73 Å². The molecule has 20 heavy (non-hydrogen) atoms. The predicted molar refractivity (Wildman–Crippen MR) is 86.0 cm³/mol. The summed E-state index contributed by atoms with van der Waals surface area (Å²) in [5.41, 5.74) is 7.14. The van der Waals surface area contributed by atoms with Gasteiger partial charge >= 0.3 is 0 Å². The van der Waals surface area contributed by atoms with Crippen LogP contribution in [0.15, 0.2) is 15.2 Å². The number of nitrogens with two attached hydrogens (primary N) is 1. The van der Waals surface area contributed by atoms with E-state index in [1.807, 2.05) is 0 Å². The maximum absolute atomic E-state index is 5.90. The van der Waals surface area contributed by atoms with Crippen molar-refractivity contribution in [3.63, 3.8) is 0 Å². The third-order valence-corrected chi connectivity index (χ3v) is 5.38. The third kappa shape index (κ3) is 2.75. The zero-order valence-corrected chi connectivity index (χ0v) is 13.8. The Morgan fingerprint density at radius 3 is 3.15 bits per heavy atom. The molecule has 1 aliphatic rings. The number of nitrogens with zero attached hydrogens (tertiary/aromatic N) is 3. The van der Waals surface area contributed by atoms with Gasteiger partial charge in [-0.2, -0.15) is 4.98 Å². The molecule has 7 heteroatoms. The summed E-state index contributed by atoms with van der Waals surface area (Å²) < 4.78 is 1.10. The number of hydrogen-bond donors (Lipinski definition) is 2. The van der Waals surface area contributed by atoms with E-state index in [1.165, 1.54) is 6.42 Å². The normalized spacial score (nSPS) is 23.2. The third-order valence-electron chi connectivity index (χ3n) is 3.87.